The predicted octanol–water partition coefficient (Wildman–Crippen LogP) is 16.0. The van der Waals surface area contributed by atoms with Crippen LogP contribution < -0.4 is 9.30 Å². The van der Waals surface area contributed by atoms with Crippen LogP contribution in [0, 0.1) is 18.5 Å². The molecule has 0 unspecified atom stereocenters. The Morgan fingerprint density at radius 1 is 0.466 bits per heavy atom. The second-order valence-electron chi connectivity index (χ2n) is 23.1. The second-order valence-corrected chi connectivity index (χ2v) is 23.1. The van der Waals surface area contributed by atoms with Gasteiger partial charge in [-0.2, -0.15) is 12.1 Å². The molecular weight excluding hydrogens is 1070 g/mol. The van der Waals surface area contributed by atoms with Crippen LogP contribution in [0.25, 0.3) is 39.0 Å². The number of hydrogen-bond donors (Lipinski definition) is 0. The molecule has 0 spiro atoms. The first kappa shape index (κ1) is 51.1. The van der Waals surface area contributed by atoms with Crippen molar-refractivity contribution in [2.24, 2.45) is 0 Å². The largest absolute Gasteiger partial charge is 0.510 e. The Labute approximate surface area is 447 Å². The van der Waals surface area contributed by atoms with E-state index in [0.717, 1.165) is 50.3 Å². The van der Waals surface area contributed by atoms with E-state index in [1.54, 1.807) is 0 Å². The minimum absolute atomic E-state index is 0. The van der Waals surface area contributed by atoms with E-state index in [-0.39, 0.29) is 42.7 Å². The molecule has 10 aromatic rings. The van der Waals surface area contributed by atoms with Crippen molar-refractivity contribution in [2.75, 3.05) is 0 Å². The molecule has 0 fully saturated rings. The third-order valence-electron chi connectivity index (χ3n) is 15.0. The fourth-order valence-corrected chi connectivity index (χ4v) is 10.1. The number of para-hydroxylation sites is 1. The quantitative estimate of drug-likeness (QED) is 0.0956. The number of hydrogen-bond acceptors (Lipinski definition) is 2. The normalized spacial score (nSPS) is 12.5. The van der Waals surface area contributed by atoms with Crippen molar-refractivity contribution in [3.63, 3.8) is 0 Å². The molecule has 3 heterocycles. The molecule has 0 bridgehead atoms. The van der Waals surface area contributed by atoms with E-state index >= 15 is 0 Å². The van der Waals surface area contributed by atoms with Crippen LogP contribution in [0.3, 0.4) is 0 Å². The first-order valence-electron chi connectivity index (χ1n) is 25.3. The molecule has 0 radical (unpaired) electrons. The van der Waals surface area contributed by atoms with E-state index < -0.39 is 5.41 Å². The summed E-state index contributed by atoms with van der Waals surface area (Å²) in [6.45, 7) is 27.4. The van der Waals surface area contributed by atoms with Gasteiger partial charge in [-0.1, -0.05) is 204 Å². The Hall–Kier alpha value is -6.81. The summed E-state index contributed by atoms with van der Waals surface area (Å²) in [4.78, 5) is 4.92. The van der Waals surface area contributed by atoms with Gasteiger partial charge in [0.25, 0.3) is 6.33 Å². The van der Waals surface area contributed by atoms with Crippen molar-refractivity contribution in [2.45, 2.75) is 110 Å². The van der Waals surface area contributed by atoms with Crippen LogP contribution in [0.5, 0.6) is 11.5 Å². The molecule has 3 aromatic heterocycles. The summed E-state index contributed by atoms with van der Waals surface area (Å²) in [6, 6.07) is 68.3. The van der Waals surface area contributed by atoms with Gasteiger partial charge >= 0.3 is 0 Å². The molecule has 7 aromatic carbocycles. The maximum Gasteiger partial charge on any atom is 0.267 e. The Morgan fingerprint density at radius 3 is 1.55 bits per heavy atom. The topological polar surface area (TPSA) is 35.9 Å². The van der Waals surface area contributed by atoms with Gasteiger partial charge in [0.15, 0.2) is 0 Å². The third-order valence-corrected chi connectivity index (χ3v) is 15.0. The number of rotatable bonds is 11. The number of nitrogens with zero attached hydrogens (tertiary/aromatic N) is 4. The number of aromatic nitrogens is 4. The average molecular weight is 1140 g/mol. The smallest absolute Gasteiger partial charge is 0.267 e. The van der Waals surface area contributed by atoms with Gasteiger partial charge in [0.1, 0.15) is 5.82 Å². The summed E-state index contributed by atoms with van der Waals surface area (Å²) in [5, 5.41) is 2.21. The van der Waals surface area contributed by atoms with Crippen LogP contribution >= 0.6 is 0 Å². The zero-order valence-corrected chi connectivity index (χ0v) is 46.6. The van der Waals surface area contributed by atoms with Crippen molar-refractivity contribution in [1.29, 1.82) is 0 Å². The number of benzene rings is 7. The number of ether oxygens (including phenoxy) is 1. The minimum Gasteiger partial charge on any atom is -0.510 e. The summed E-state index contributed by atoms with van der Waals surface area (Å²) in [7, 11) is 0. The molecule has 5 nitrogen and oxygen atoms in total. The molecule has 0 N–H and O–H groups in total. The molecule has 0 aliphatic heterocycles. The van der Waals surface area contributed by atoms with Crippen LogP contribution in [0.15, 0.2) is 182 Å². The number of pyridine rings is 1. The van der Waals surface area contributed by atoms with Crippen LogP contribution in [0.1, 0.15) is 128 Å². The molecule has 372 valence electrons. The summed E-state index contributed by atoms with van der Waals surface area (Å²) in [6.07, 6.45) is 8.04. The number of imidazole rings is 1. The van der Waals surface area contributed by atoms with Crippen molar-refractivity contribution < 1.29 is 30.4 Å². The fraction of sp³-hybridized carbons (Fsp3) is 0.254. The molecule has 0 aliphatic carbocycles. The van der Waals surface area contributed by atoms with Gasteiger partial charge in [-0.15, -0.1) is 35.2 Å². The Kier molecular flexibility index (Phi) is 13.5. The van der Waals surface area contributed by atoms with Gasteiger partial charge in [-0.05, 0) is 91.0 Å². The predicted molar refractivity (Wildman–Crippen MR) is 296 cm³/mol. The van der Waals surface area contributed by atoms with Gasteiger partial charge < -0.3 is 13.9 Å². The van der Waals surface area contributed by atoms with Gasteiger partial charge in [-0.3, -0.25) is 4.57 Å². The van der Waals surface area contributed by atoms with Gasteiger partial charge in [0, 0.05) is 61.3 Å². The molecule has 10 rings (SSSR count). The first-order valence-corrected chi connectivity index (χ1v) is 25.3. The summed E-state index contributed by atoms with van der Waals surface area (Å²) < 4.78 is 13.6. The maximum absolute atomic E-state index is 7.01. The van der Waals surface area contributed by atoms with Crippen LogP contribution in [-0.4, -0.2) is 14.1 Å². The van der Waals surface area contributed by atoms with E-state index in [9.17, 15) is 0 Å². The third kappa shape index (κ3) is 9.77. The Morgan fingerprint density at radius 2 is 1.00 bits per heavy atom. The van der Waals surface area contributed by atoms with Gasteiger partial charge in [0.05, 0.1) is 11.4 Å². The second kappa shape index (κ2) is 19.2. The fourth-order valence-electron chi connectivity index (χ4n) is 10.1. The first-order chi connectivity index (χ1) is 34.2. The molecule has 73 heavy (non-hydrogen) atoms. The number of fused-ring (bicyclic) bond motifs is 3. The van der Waals surface area contributed by atoms with Crippen LogP contribution in [-0.2, 0) is 48.1 Å². The molecule has 6 heteroatoms. The molecule has 0 amide bonds. The molecule has 0 saturated carbocycles. The Balaban J connectivity index is 0.00000656. The standard InChI is InChI=1S/C67H66N4O.Pt/c1-63(2,3)49-34-35-68-62(41-49)71-59-31-23-22-30-57(59)58-33-32-55(43-60(58)71)72-56-40-52(67(11,12)48-28-20-15-21-29-48)39-54(42-56)70-45-69(44-61(70)64(4,5)6)53-37-50(65(7,8)46-24-16-13-17-25-46)36-51(38-53)66(9,10)47-26-18-14-19-27-47;/h13-41,44H,1-12H3;/q-2;. The van der Waals surface area contributed by atoms with Gasteiger partial charge in [-0.25, -0.2) is 4.98 Å². The molecule has 0 aliphatic rings. The summed E-state index contributed by atoms with van der Waals surface area (Å²) in [5.41, 5.74) is 12.1. The molecule has 0 atom stereocenters. The van der Waals surface area contributed by atoms with Crippen LogP contribution in [0.4, 0.5) is 0 Å². The van der Waals surface area contributed by atoms with E-state index in [2.05, 4.69) is 285 Å². The van der Waals surface area contributed by atoms with Gasteiger partial charge in [0.2, 0.25) is 0 Å². The molecular formula is C67H66N4OPt-2. The maximum atomic E-state index is 7.01. The molecule has 0 saturated heterocycles. The van der Waals surface area contributed by atoms with E-state index in [4.69, 9.17) is 9.72 Å². The zero-order valence-electron chi connectivity index (χ0n) is 44.3. The van der Waals surface area contributed by atoms with Crippen molar-refractivity contribution in [3.05, 3.63) is 245 Å². The monoisotopic (exact) mass is 1140 g/mol. The van der Waals surface area contributed by atoms with Crippen molar-refractivity contribution >= 4 is 21.8 Å². The minimum atomic E-state index is -0.395. The van der Waals surface area contributed by atoms with Crippen molar-refractivity contribution in [1.82, 2.24) is 14.1 Å². The summed E-state index contributed by atoms with van der Waals surface area (Å²) in [5.74, 6) is 2.02. The van der Waals surface area contributed by atoms with Crippen LogP contribution in [0.2, 0.25) is 0 Å². The Bertz CT molecular complexity index is 3520. The van der Waals surface area contributed by atoms with E-state index in [0.29, 0.717) is 11.5 Å². The van der Waals surface area contributed by atoms with E-state index in [1.807, 2.05) is 12.3 Å². The van der Waals surface area contributed by atoms with E-state index in [1.165, 1.54) is 33.4 Å². The SMILES string of the molecule is CC(C)(C)c1ccnc(-n2c3[c-]c(Oc4[c-]c(-n5[c-][n+](-c6cc(C(C)(C)c7ccccc7)cc(C(C)(C)c7ccccc7)c6)cc5C(C)(C)C)cc(C(C)(C)c5ccccc5)c4)ccc3c3ccccc32)c1.[Pt]. The van der Waals surface area contributed by atoms with Crippen molar-refractivity contribution in [3.8, 4) is 28.7 Å². The summed E-state index contributed by atoms with van der Waals surface area (Å²) >= 11 is 0. The zero-order chi connectivity index (χ0) is 50.8. The average Bonchev–Trinajstić information content (AvgIpc) is 3.98.